The van der Waals surface area contributed by atoms with Crippen molar-refractivity contribution in [3.63, 3.8) is 0 Å². The largest absolute Gasteiger partial charge is 0.493 e. The molecule has 0 aliphatic carbocycles. The highest BCUT2D eigenvalue weighted by atomic mass is 16.5. The maximum Gasteiger partial charge on any atom is 0.277 e. The molecule has 0 saturated heterocycles. The second-order valence-corrected chi connectivity index (χ2v) is 6.92. The van der Waals surface area contributed by atoms with Gasteiger partial charge in [0, 0.05) is 0 Å². The number of ether oxygens (including phenoxy) is 3. The van der Waals surface area contributed by atoms with E-state index in [9.17, 15) is 4.79 Å². The number of nitrogens with one attached hydrogen (secondary N) is 1. The summed E-state index contributed by atoms with van der Waals surface area (Å²) in [4.78, 5) is 12.0. The van der Waals surface area contributed by atoms with Gasteiger partial charge in [-0.2, -0.15) is 5.10 Å². The lowest BCUT2D eigenvalue weighted by Gasteiger charge is -2.11. The minimum absolute atomic E-state index is 0.105. The van der Waals surface area contributed by atoms with Crippen LogP contribution in [0.5, 0.6) is 17.2 Å². The van der Waals surface area contributed by atoms with E-state index in [1.807, 2.05) is 42.5 Å². The maximum absolute atomic E-state index is 12.0. The standard InChI is InChI=1S/C23H30N2O4/c1-5-6-12-28-21-11-10-18(13-22(21)27-4)15-24-25-23(26)16-29-20-9-7-8-19(14-20)17(2)3/h7-11,13-15,17H,5-6,12,16H2,1-4H3,(H,25,26)/b24-15+. The molecule has 0 aliphatic heterocycles. The van der Waals surface area contributed by atoms with Crippen molar-refractivity contribution in [3.8, 4) is 17.2 Å². The van der Waals surface area contributed by atoms with Crippen LogP contribution in [-0.4, -0.2) is 32.4 Å². The molecule has 0 saturated carbocycles. The van der Waals surface area contributed by atoms with E-state index in [0.717, 1.165) is 24.0 Å². The van der Waals surface area contributed by atoms with E-state index in [-0.39, 0.29) is 12.5 Å². The molecule has 1 amide bonds. The summed E-state index contributed by atoms with van der Waals surface area (Å²) in [6.45, 7) is 6.88. The number of methoxy groups -OCH3 is 1. The van der Waals surface area contributed by atoms with Crippen molar-refractivity contribution in [1.82, 2.24) is 5.43 Å². The van der Waals surface area contributed by atoms with E-state index >= 15 is 0 Å². The van der Waals surface area contributed by atoms with Crippen LogP contribution in [0.15, 0.2) is 47.6 Å². The number of carbonyl (C=O) groups is 1. The van der Waals surface area contributed by atoms with Crippen LogP contribution < -0.4 is 19.6 Å². The summed E-state index contributed by atoms with van der Waals surface area (Å²) in [5.41, 5.74) is 4.42. The minimum atomic E-state index is -0.331. The van der Waals surface area contributed by atoms with Gasteiger partial charge in [0.05, 0.1) is 19.9 Å². The van der Waals surface area contributed by atoms with Crippen LogP contribution in [0.1, 0.15) is 50.7 Å². The molecule has 0 heterocycles. The number of benzene rings is 2. The number of carbonyl (C=O) groups excluding carboxylic acids is 1. The molecule has 2 rings (SSSR count). The summed E-state index contributed by atoms with van der Waals surface area (Å²) in [5.74, 6) is 2.06. The monoisotopic (exact) mass is 398 g/mol. The molecule has 0 atom stereocenters. The number of hydrogen-bond donors (Lipinski definition) is 1. The molecule has 6 nitrogen and oxygen atoms in total. The first-order valence-corrected chi connectivity index (χ1v) is 9.89. The molecule has 2 aromatic rings. The topological polar surface area (TPSA) is 69.2 Å². The first kappa shape index (κ1) is 22.3. The highest BCUT2D eigenvalue weighted by molar-refractivity contribution is 5.83. The average Bonchev–Trinajstić information content (AvgIpc) is 2.73. The number of amides is 1. The molecule has 0 bridgehead atoms. The molecule has 0 unspecified atom stereocenters. The lowest BCUT2D eigenvalue weighted by molar-refractivity contribution is -0.123. The maximum atomic E-state index is 12.0. The van der Waals surface area contributed by atoms with Crippen LogP contribution >= 0.6 is 0 Å². The zero-order valence-electron chi connectivity index (χ0n) is 17.6. The molecule has 0 aliphatic rings. The number of rotatable bonds is 11. The Kier molecular flexibility index (Phi) is 9.02. The van der Waals surface area contributed by atoms with Crippen molar-refractivity contribution in [3.05, 3.63) is 53.6 Å². The SMILES string of the molecule is CCCCOc1ccc(/C=N/NC(=O)COc2cccc(C(C)C)c2)cc1OC. The van der Waals surface area contributed by atoms with Gasteiger partial charge >= 0.3 is 0 Å². The molecule has 156 valence electrons. The highest BCUT2D eigenvalue weighted by Gasteiger charge is 2.06. The summed E-state index contributed by atoms with van der Waals surface area (Å²) >= 11 is 0. The number of unbranched alkanes of at least 4 members (excludes halogenated alkanes) is 1. The fourth-order valence-corrected chi connectivity index (χ4v) is 2.53. The molecule has 6 heteroatoms. The minimum Gasteiger partial charge on any atom is -0.493 e. The second-order valence-electron chi connectivity index (χ2n) is 6.92. The van der Waals surface area contributed by atoms with E-state index in [2.05, 4.69) is 31.3 Å². The number of nitrogens with zero attached hydrogens (tertiary/aromatic N) is 1. The van der Waals surface area contributed by atoms with Gasteiger partial charge in [0.1, 0.15) is 5.75 Å². The molecule has 0 aromatic heterocycles. The van der Waals surface area contributed by atoms with Crippen molar-refractivity contribution in [2.24, 2.45) is 5.10 Å². The summed E-state index contributed by atoms with van der Waals surface area (Å²) in [6, 6.07) is 13.2. The van der Waals surface area contributed by atoms with Gasteiger partial charge in [-0.1, -0.05) is 39.3 Å². The Morgan fingerprint density at radius 2 is 1.97 bits per heavy atom. The molecule has 0 radical (unpaired) electrons. The zero-order chi connectivity index (χ0) is 21.1. The third-order valence-electron chi connectivity index (χ3n) is 4.24. The Labute approximate surface area is 172 Å². The van der Waals surface area contributed by atoms with Crippen LogP contribution in [0.3, 0.4) is 0 Å². The highest BCUT2D eigenvalue weighted by Crippen LogP contribution is 2.27. The van der Waals surface area contributed by atoms with Gasteiger partial charge in [-0.15, -0.1) is 0 Å². The third-order valence-corrected chi connectivity index (χ3v) is 4.24. The average molecular weight is 399 g/mol. The van der Waals surface area contributed by atoms with Crippen LogP contribution in [0.25, 0.3) is 0 Å². The Morgan fingerprint density at radius 3 is 2.69 bits per heavy atom. The molecule has 0 spiro atoms. The van der Waals surface area contributed by atoms with E-state index in [1.54, 1.807) is 13.3 Å². The first-order chi connectivity index (χ1) is 14.0. The predicted molar refractivity (Wildman–Crippen MR) is 115 cm³/mol. The van der Waals surface area contributed by atoms with Crippen molar-refractivity contribution in [1.29, 1.82) is 0 Å². The van der Waals surface area contributed by atoms with Crippen molar-refractivity contribution in [2.45, 2.75) is 39.5 Å². The fraction of sp³-hybridized carbons (Fsp3) is 0.391. The van der Waals surface area contributed by atoms with Gasteiger partial charge in [0.15, 0.2) is 18.1 Å². The molecular weight excluding hydrogens is 368 g/mol. The van der Waals surface area contributed by atoms with Gasteiger partial charge < -0.3 is 14.2 Å². The van der Waals surface area contributed by atoms with Crippen LogP contribution in [-0.2, 0) is 4.79 Å². The Hall–Kier alpha value is -3.02. The fourth-order valence-electron chi connectivity index (χ4n) is 2.53. The van der Waals surface area contributed by atoms with E-state index in [1.165, 1.54) is 0 Å². The molecule has 1 N–H and O–H groups in total. The Morgan fingerprint density at radius 1 is 1.14 bits per heavy atom. The smallest absolute Gasteiger partial charge is 0.277 e. The van der Waals surface area contributed by atoms with Gasteiger partial charge in [-0.3, -0.25) is 4.79 Å². The van der Waals surface area contributed by atoms with Gasteiger partial charge in [-0.25, -0.2) is 5.43 Å². The molecule has 0 fully saturated rings. The molecular formula is C23H30N2O4. The van der Waals surface area contributed by atoms with Crippen LogP contribution in [0.2, 0.25) is 0 Å². The summed E-state index contributed by atoms with van der Waals surface area (Å²) < 4.78 is 16.6. The van der Waals surface area contributed by atoms with Crippen LogP contribution in [0, 0.1) is 0 Å². The molecule has 29 heavy (non-hydrogen) atoms. The van der Waals surface area contributed by atoms with Crippen molar-refractivity contribution < 1.29 is 19.0 Å². The van der Waals surface area contributed by atoms with E-state index in [4.69, 9.17) is 14.2 Å². The third kappa shape index (κ3) is 7.49. The van der Waals surface area contributed by atoms with Gasteiger partial charge in [-0.05, 0) is 53.8 Å². The van der Waals surface area contributed by atoms with Crippen molar-refractivity contribution >= 4 is 12.1 Å². The Bertz CT molecular complexity index is 818. The van der Waals surface area contributed by atoms with Gasteiger partial charge in [0.25, 0.3) is 5.91 Å². The van der Waals surface area contributed by atoms with Crippen LogP contribution in [0.4, 0.5) is 0 Å². The normalized spacial score (nSPS) is 10.9. The number of hydrazone groups is 1. The lowest BCUT2D eigenvalue weighted by Crippen LogP contribution is -2.24. The quantitative estimate of drug-likeness (QED) is 0.343. The van der Waals surface area contributed by atoms with E-state index < -0.39 is 0 Å². The van der Waals surface area contributed by atoms with E-state index in [0.29, 0.717) is 29.8 Å². The Balaban J connectivity index is 1.85. The summed E-state index contributed by atoms with van der Waals surface area (Å²) in [6.07, 6.45) is 3.61. The summed E-state index contributed by atoms with van der Waals surface area (Å²) in [5, 5.41) is 3.98. The first-order valence-electron chi connectivity index (χ1n) is 9.89. The number of hydrogen-bond acceptors (Lipinski definition) is 5. The van der Waals surface area contributed by atoms with Gasteiger partial charge in [0.2, 0.25) is 0 Å². The van der Waals surface area contributed by atoms with Crippen molar-refractivity contribution in [2.75, 3.05) is 20.3 Å². The zero-order valence-corrected chi connectivity index (χ0v) is 17.6. The predicted octanol–water partition coefficient (Wildman–Crippen LogP) is 4.53. The lowest BCUT2D eigenvalue weighted by atomic mass is 10.0. The summed E-state index contributed by atoms with van der Waals surface area (Å²) in [7, 11) is 1.59. The molecule has 2 aromatic carbocycles. The second kappa shape index (κ2) is 11.7.